The predicted molar refractivity (Wildman–Crippen MR) is 148 cm³/mol. The third-order valence-corrected chi connectivity index (χ3v) is 8.67. The summed E-state index contributed by atoms with van der Waals surface area (Å²) in [6.07, 6.45) is -2.67. The topological polar surface area (TPSA) is 148 Å². The number of hydrogen-bond acceptors (Lipinski definition) is 9. The summed E-state index contributed by atoms with van der Waals surface area (Å²) in [6.45, 7) is 3.08. The van der Waals surface area contributed by atoms with Crippen molar-refractivity contribution in [1.29, 1.82) is 0 Å². The van der Waals surface area contributed by atoms with Crippen LogP contribution < -0.4 is 19.5 Å². The Morgan fingerprint density at radius 2 is 1.93 bits per heavy atom. The number of aliphatic hydroxyl groups is 1. The van der Waals surface area contributed by atoms with Crippen molar-refractivity contribution in [2.45, 2.75) is 50.8 Å². The van der Waals surface area contributed by atoms with Gasteiger partial charge in [0.05, 0.1) is 27.7 Å². The Bertz CT molecular complexity index is 1500. The van der Waals surface area contributed by atoms with E-state index >= 15 is 0 Å². The molecule has 0 bridgehead atoms. The summed E-state index contributed by atoms with van der Waals surface area (Å²) in [5.74, 6) is 0.473. The van der Waals surface area contributed by atoms with Crippen molar-refractivity contribution >= 4 is 27.5 Å². The lowest BCUT2D eigenvalue weighted by Crippen LogP contribution is -2.50. The van der Waals surface area contributed by atoms with Crippen LogP contribution in [0, 0.1) is 12.8 Å². The fourth-order valence-corrected chi connectivity index (χ4v) is 6.37. The lowest BCUT2D eigenvalue weighted by molar-refractivity contribution is 0.0980. The largest absolute Gasteiger partial charge is 0.487 e. The Morgan fingerprint density at radius 3 is 2.58 bits per heavy atom. The molecule has 1 aromatic heterocycles. The first-order valence-corrected chi connectivity index (χ1v) is 14.9. The average Bonchev–Trinajstić information content (AvgIpc) is 3.46. The maximum atomic E-state index is 13.6. The summed E-state index contributed by atoms with van der Waals surface area (Å²) < 4.78 is 59.4. The minimum Gasteiger partial charge on any atom is -0.487 e. The van der Waals surface area contributed by atoms with Gasteiger partial charge in [-0.2, -0.15) is 4.31 Å². The number of carboxylic acid groups (broad SMARTS) is 1. The molecule has 1 aliphatic rings. The first-order chi connectivity index (χ1) is 19.7. The Labute approximate surface area is 240 Å². The summed E-state index contributed by atoms with van der Waals surface area (Å²) in [5.41, 5.74) is 1.52. The third-order valence-electron chi connectivity index (χ3n) is 6.02. The Kier molecular flexibility index (Phi) is 8.62. The number of benzene rings is 2. The molecule has 2 heterocycles. The lowest BCUT2D eigenvalue weighted by atomic mass is 10.0. The highest BCUT2D eigenvalue weighted by Crippen LogP contribution is 2.35. The van der Waals surface area contributed by atoms with Crippen molar-refractivity contribution in [1.82, 2.24) is 14.6 Å². The van der Waals surface area contributed by atoms with E-state index in [1.807, 2.05) is 26.2 Å². The molecule has 40 heavy (non-hydrogen) atoms. The molecule has 1 aliphatic heterocycles. The van der Waals surface area contributed by atoms with Gasteiger partial charge in [-0.1, -0.05) is 26.0 Å². The fraction of sp³-hybridized carbons (Fsp3) is 0.407. The number of rotatable bonds is 13. The Hall–Kier alpha value is -3.39. The summed E-state index contributed by atoms with van der Waals surface area (Å²) in [6, 6.07) is 9.68. The number of sulfonamides is 1. The summed E-state index contributed by atoms with van der Waals surface area (Å²) in [5, 5.41) is 25.8. The number of ether oxygens (including phenoxy) is 3. The van der Waals surface area contributed by atoms with Crippen LogP contribution in [0.4, 0.5) is 4.79 Å². The van der Waals surface area contributed by atoms with Crippen molar-refractivity contribution in [3.63, 3.8) is 0 Å². The van der Waals surface area contributed by atoms with E-state index in [2.05, 4.69) is 10.3 Å². The number of thiazole rings is 1. The molecule has 13 heteroatoms. The maximum Gasteiger partial charge on any atom is 0.404 e. The van der Waals surface area contributed by atoms with Gasteiger partial charge in [0.25, 0.3) is 0 Å². The molecule has 0 saturated carbocycles. The average molecular weight is 594 g/mol. The van der Waals surface area contributed by atoms with Crippen molar-refractivity contribution in [3.05, 3.63) is 64.1 Å². The normalized spacial score (nSPS) is 16.4. The van der Waals surface area contributed by atoms with Crippen LogP contribution in [0.2, 0.25) is 0 Å². The summed E-state index contributed by atoms with van der Waals surface area (Å²) in [4.78, 5) is 15.8. The second-order valence-corrected chi connectivity index (χ2v) is 12.7. The van der Waals surface area contributed by atoms with Gasteiger partial charge in [-0.15, -0.1) is 11.3 Å². The minimum absolute atomic E-state index is 0.0407. The van der Waals surface area contributed by atoms with Gasteiger partial charge < -0.3 is 29.7 Å². The van der Waals surface area contributed by atoms with E-state index in [4.69, 9.17) is 17.0 Å². The quantitative estimate of drug-likeness (QED) is 0.270. The van der Waals surface area contributed by atoms with Crippen LogP contribution in [-0.2, 0) is 23.1 Å². The molecule has 2 atom stereocenters. The van der Waals surface area contributed by atoms with Crippen LogP contribution in [0.1, 0.15) is 32.9 Å². The van der Waals surface area contributed by atoms with Gasteiger partial charge in [-0.05, 0) is 49.1 Å². The van der Waals surface area contributed by atoms with Gasteiger partial charge >= 0.3 is 6.09 Å². The molecule has 2 aromatic carbocycles. The van der Waals surface area contributed by atoms with Crippen molar-refractivity contribution < 1.29 is 40.4 Å². The number of aromatic nitrogens is 1. The Morgan fingerprint density at radius 1 is 1.20 bits per heavy atom. The highest BCUT2D eigenvalue weighted by atomic mass is 32.2. The first-order valence-electron chi connectivity index (χ1n) is 13.5. The number of hydrogen-bond donors (Lipinski definition) is 3. The zero-order chi connectivity index (χ0) is 30.7. The van der Waals surface area contributed by atoms with Gasteiger partial charge in [0.2, 0.25) is 16.8 Å². The van der Waals surface area contributed by atoms with Crippen molar-refractivity contribution in [2.75, 3.05) is 19.8 Å². The van der Waals surface area contributed by atoms with Gasteiger partial charge in [0.1, 0.15) is 15.1 Å². The first kappa shape index (κ1) is 26.8. The molecule has 216 valence electrons. The predicted octanol–water partition coefficient (Wildman–Crippen LogP) is 3.65. The molecule has 1 amide bonds. The molecule has 4 rings (SSSR count). The number of aryl methyl sites for hydroxylation is 1. The molecule has 0 saturated heterocycles. The highest BCUT2D eigenvalue weighted by molar-refractivity contribution is 7.89. The van der Waals surface area contributed by atoms with Gasteiger partial charge in [0, 0.05) is 24.5 Å². The molecule has 0 radical (unpaired) electrons. The van der Waals surface area contributed by atoms with E-state index in [9.17, 15) is 23.4 Å². The molecule has 0 unspecified atom stereocenters. The van der Waals surface area contributed by atoms with Gasteiger partial charge in [-0.25, -0.2) is 18.2 Å². The third kappa shape index (κ3) is 7.62. The smallest absolute Gasteiger partial charge is 0.404 e. The van der Waals surface area contributed by atoms with E-state index in [0.717, 1.165) is 15.0 Å². The second-order valence-electron chi connectivity index (χ2n) is 9.73. The molecule has 0 fully saturated rings. The number of nitrogens with one attached hydrogen (secondary N) is 1. The molecular formula is C27H33N3O8S2. The number of amides is 1. The SMILES string of the molecule is [2H]C1([2H])Oc2ccc(S(=O)(=O)N(CC(C)C)C[C@@H](O)[C@H](Cc3ccc(OCc4csc(C)n4)cc3)NC(=O)O)cc2O1. The standard InChI is InChI=1S/C27H33N3O8S2/c1-17(2)12-30(40(34,35)22-8-9-25-26(11-22)38-16-37-25)13-24(31)23(29-27(32)33)10-19-4-6-21(7-5-19)36-14-20-15-39-18(3)28-20/h4-9,11,15,17,23-24,29,31H,10,12-14,16H2,1-3H3,(H,32,33)/t23-,24+/m0/s1/i16D2. The molecule has 3 aromatic rings. The van der Waals surface area contributed by atoms with Crippen LogP contribution in [0.25, 0.3) is 0 Å². The van der Waals surface area contributed by atoms with Crippen LogP contribution >= 0.6 is 11.3 Å². The van der Waals surface area contributed by atoms with E-state index < -0.39 is 41.6 Å². The molecule has 0 aliphatic carbocycles. The zero-order valence-electron chi connectivity index (χ0n) is 24.2. The number of carbonyl (C=O) groups is 1. The van der Waals surface area contributed by atoms with E-state index in [1.165, 1.54) is 29.5 Å². The highest BCUT2D eigenvalue weighted by Gasteiger charge is 2.32. The molecule has 11 nitrogen and oxygen atoms in total. The Balaban J connectivity index is 1.48. The molecular weight excluding hydrogens is 558 g/mol. The van der Waals surface area contributed by atoms with Crippen LogP contribution in [-0.4, -0.2) is 66.0 Å². The fourth-order valence-electron chi connectivity index (χ4n) is 4.14. The maximum absolute atomic E-state index is 13.6. The number of aliphatic hydroxyl groups excluding tert-OH is 1. The van der Waals surface area contributed by atoms with Gasteiger partial charge in [-0.3, -0.25) is 0 Å². The second kappa shape index (κ2) is 12.9. The molecule has 0 spiro atoms. The summed E-state index contributed by atoms with van der Waals surface area (Å²) >= 11 is 1.53. The summed E-state index contributed by atoms with van der Waals surface area (Å²) in [7, 11) is -4.20. The lowest BCUT2D eigenvalue weighted by Gasteiger charge is -2.30. The zero-order valence-corrected chi connectivity index (χ0v) is 23.9. The van der Waals surface area contributed by atoms with Crippen molar-refractivity contribution in [3.8, 4) is 17.2 Å². The monoisotopic (exact) mass is 593 g/mol. The minimum atomic E-state index is -4.20. The van der Waals surface area contributed by atoms with Crippen molar-refractivity contribution in [2.24, 2.45) is 5.92 Å². The van der Waals surface area contributed by atoms with Crippen LogP contribution in [0.3, 0.4) is 0 Å². The van der Waals surface area contributed by atoms with E-state index in [-0.39, 0.29) is 35.3 Å². The molecule has 3 N–H and O–H groups in total. The van der Waals surface area contributed by atoms with Crippen LogP contribution in [0.5, 0.6) is 17.2 Å². The van der Waals surface area contributed by atoms with E-state index in [1.54, 1.807) is 24.3 Å². The van der Waals surface area contributed by atoms with E-state index in [0.29, 0.717) is 17.9 Å². The van der Waals surface area contributed by atoms with Gasteiger partial charge in [0.15, 0.2) is 11.5 Å². The number of nitrogens with zero attached hydrogens (tertiary/aromatic N) is 2. The number of fused-ring (bicyclic) bond motifs is 1. The van der Waals surface area contributed by atoms with Crippen LogP contribution in [0.15, 0.2) is 52.7 Å².